The summed E-state index contributed by atoms with van der Waals surface area (Å²) in [6.45, 7) is 6.16. The summed E-state index contributed by atoms with van der Waals surface area (Å²) in [4.78, 5) is 4.95. The number of piperazine rings is 1. The van der Waals surface area contributed by atoms with Crippen molar-refractivity contribution in [3.05, 3.63) is 54.6 Å². The zero-order valence-corrected chi connectivity index (χ0v) is 13.4. The molecule has 0 saturated carbocycles. The zero-order valence-electron chi connectivity index (χ0n) is 13.4. The van der Waals surface area contributed by atoms with Crippen molar-refractivity contribution in [2.45, 2.75) is 6.42 Å². The molecule has 1 fully saturated rings. The minimum atomic E-state index is 0.272. The predicted octanol–water partition coefficient (Wildman–Crippen LogP) is 2.98. The number of nitrogens with zero attached hydrogens (tertiary/aromatic N) is 2. The highest BCUT2D eigenvalue weighted by Crippen LogP contribution is 2.17. The number of phenolic OH excluding ortho intramolecular Hbond substituents is 1. The number of phenols is 1. The van der Waals surface area contributed by atoms with Crippen LogP contribution >= 0.6 is 0 Å². The van der Waals surface area contributed by atoms with E-state index in [1.807, 2.05) is 0 Å². The Balaban J connectivity index is 1.34. The van der Waals surface area contributed by atoms with Gasteiger partial charge in [-0.25, -0.2) is 0 Å². The van der Waals surface area contributed by atoms with E-state index in [1.165, 1.54) is 5.69 Å². The van der Waals surface area contributed by atoms with Crippen molar-refractivity contribution in [2.75, 3.05) is 44.2 Å². The van der Waals surface area contributed by atoms with E-state index in [2.05, 4.69) is 40.1 Å². The molecule has 1 N–H and O–H groups in total. The van der Waals surface area contributed by atoms with Crippen molar-refractivity contribution in [2.24, 2.45) is 0 Å². The number of benzene rings is 2. The van der Waals surface area contributed by atoms with Crippen LogP contribution in [-0.2, 0) is 0 Å². The molecule has 1 aliphatic rings. The molecule has 2 aromatic carbocycles. The van der Waals surface area contributed by atoms with Crippen LogP contribution in [0.15, 0.2) is 54.6 Å². The second-order valence-electron chi connectivity index (χ2n) is 5.86. The van der Waals surface area contributed by atoms with Crippen molar-refractivity contribution in [3.63, 3.8) is 0 Å². The van der Waals surface area contributed by atoms with Crippen molar-refractivity contribution < 1.29 is 9.84 Å². The highest BCUT2D eigenvalue weighted by Gasteiger charge is 2.16. The fraction of sp³-hybridized carbons (Fsp3) is 0.368. The molecule has 0 bridgehead atoms. The van der Waals surface area contributed by atoms with E-state index >= 15 is 0 Å². The molecule has 1 heterocycles. The normalized spacial score (nSPS) is 15.6. The van der Waals surface area contributed by atoms with Gasteiger partial charge in [0, 0.05) is 38.4 Å². The Kier molecular flexibility index (Phi) is 5.37. The monoisotopic (exact) mass is 312 g/mol. The standard InChI is InChI=1S/C19H24N2O2/c22-18-7-9-19(10-8-18)23-16-4-11-20-12-14-21(15-13-20)17-5-2-1-3-6-17/h1-3,5-10,22H,4,11-16H2. The van der Waals surface area contributed by atoms with Gasteiger partial charge < -0.3 is 14.7 Å². The van der Waals surface area contributed by atoms with Crippen LogP contribution < -0.4 is 9.64 Å². The first-order valence-electron chi connectivity index (χ1n) is 8.25. The topological polar surface area (TPSA) is 35.9 Å². The molecule has 0 aromatic heterocycles. The van der Waals surface area contributed by atoms with E-state index in [9.17, 15) is 5.11 Å². The van der Waals surface area contributed by atoms with Crippen LogP contribution in [-0.4, -0.2) is 49.3 Å². The number of para-hydroxylation sites is 1. The van der Waals surface area contributed by atoms with Crippen LogP contribution in [0.1, 0.15) is 6.42 Å². The molecule has 0 spiro atoms. The van der Waals surface area contributed by atoms with Crippen LogP contribution in [0.25, 0.3) is 0 Å². The van der Waals surface area contributed by atoms with Gasteiger partial charge in [-0.2, -0.15) is 0 Å². The Hall–Kier alpha value is -2.20. The molecule has 0 amide bonds. The summed E-state index contributed by atoms with van der Waals surface area (Å²) < 4.78 is 5.69. The molecule has 0 unspecified atom stereocenters. The molecule has 0 radical (unpaired) electrons. The van der Waals surface area contributed by atoms with Gasteiger partial charge in [0.05, 0.1) is 6.61 Å². The number of ether oxygens (including phenoxy) is 1. The van der Waals surface area contributed by atoms with E-state index < -0.39 is 0 Å². The Morgan fingerprint density at radius 2 is 1.57 bits per heavy atom. The maximum atomic E-state index is 9.24. The van der Waals surface area contributed by atoms with E-state index in [0.717, 1.165) is 44.9 Å². The van der Waals surface area contributed by atoms with Crippen molar-refractivity contribution in [1.82, 2.24) is 4.90 Å². The van der Waals surface area contributed by atoms with Gasteiger partial charge in [-0.15, -0.1) is 0 Å². The van der Waals surface area contributed by atoms with Gasteiger partial charge >= 0.3 is 0 Å². The average Bonchev–Trinajstić information content (AvgIpc) is 2.62. The lowest BCUT2D eigenvalue weighted by atomic mass is 10.2. The first-order valence-corrected chi connectivity index (χ1v) is 8.25. The van der Waals surface area contributed by atoms with Gasteiger partial charge in [-0.3, -0.25) is 4.90 Å². The molecule has 0 atom stereocenters. The molecule has 122 valence electrons. The van der Waals surface area contributed by atoms with E-state index in [-0.39, 0.29) is 5.75 Å². The minimum absolute atomic E-state index is 0.272. The van der Waals surface area contributed by atoms with Crippen LogP contribution in [0.2, 0.25) is 0 Å². The first-order chi connectivity index (χ1) is 11.3. The fourth-order valence-electron chi connectivity index (χ4n) is 2.89. The summed E-state index contributed by atoms with van der Waals surface area (Å²) in [5.74, 6) is 1.09. The van der Waals surface area contributed by atoms with Gasteiger partial charge in [0.15, 0.2) is 0 Å². The van der Waals surface area contributed by atoms with E-state index in [4.69, 9.17) is 4.74 Å². The lowest BCUT2D eigenvalue weighted by Gasteiger charge is -2.36. The Labute approximate surface area is 137 Å². The van der Waals surface area contributed by atoms with Gasteiger partial charge in [0.2, 0.25) is 0 Å². The van der Waals surface area contributed by atoms with Crippen LogP contribution in [0, 0.1) is 0 Å². The molecule has 1 aliphatic heterocycles. The Bertz CT molecular complexity index is 578. The summed E-state index contributed by atoms with van der Waals surface area (Å²) in [5.41, 5.74) is 1.32. The summed E-state index contributed by atoms with van der Waals surface area (Å²) in [6, 6.07) is 17.5. The summed E-state index contributed by atoms with van der Waals surface area (Å²) in [7, 11) is 0. The van der Waals surface area contributed by atoms with Gasteiger partial charge in [0.25, 0.3) is 0 Å². The first kappa shape index (κ1) is 15.7. The summed E-state index contributed by atoms with van der Waals surface area (Å²) >= 11 is 0. The summed E-state index contributed by atoms with van der Waals surface area (Å²) in [6.07, 6.45) is 1.02. The van der Waals surface area contributed by atoms with Gasteiger partial charge in [-0.1, -0.05) is 18.2 Å². The molecule has 2 aromatic rings. The summed E-state index contributed by atoms with van der Waals surface area (Å²) in [5, 5.41) is 9.24. The van der Waals surface area contributed by atoms with Crippen molar-refractivity contribution in [1.29, 1.82) is 0 Å². The number of hydrogen-bond donors (Lipinski definition) is 1. The third-order valence-electron chi connectivity index (χ3n) is 4.22. The lowest BCUT2D eigenvalue weighted by molar-refractivity contribution is 0.224. The number of hydrogen-bond acceptors (Lipinski definition) is 4. The molecular formula is C19H24N2O2. The smallest absolute Gasteiger partial charge is 0.119 e. The zero-order chi connectivity index (χ0) is 15.9. The molecule has 0 aliphatic carbocycles. The maximum absolute atomic E-state index is 9.24. The number of rotatable bonds is 6. The SMILES string of the molecule is Oc1ccc(OCCCN2CCN(c3ccccc3)CC2)cc1. The third-order valence-corrected chi connectivity index (χ3v) is 4.22. The van der Waals surface area contributed by atoms with Crippen molar-refractivity contribution >= 4 is 5.69 Å². The fourth-order valence-corrected chi connectivity index (χ4v) is 2.89. The molecule has 1 saturated heterocycles. The van der Waals surface area contributed by atoms with Crippen LogP contribution in [0.5, 0.6) is 11.5 Å². The maximum Gasteiger partial charge on any atom is 0.119 e. The largest absolute Gasteiger partial charge is 0.508 e. The van der Waals surface area contributed by atoms with Gasteiger partial charge in [-0.05, 0) is 42.8 Å². The van der Waals surface area contributed by atoms with Crippen LogP contribution in [0.3, 0.4) is 0 Å². The third kappa shape index (κ3) is 4.63. The Morgan fingerprint density at radius 3 is 2.26 bits per heavy atom. The lowest BCUT2D eigenvalue weighted by Crippen LogP contribution is -2.46. The second kappa shape index (κ2) is 7.88. The molecular weight excluding hydrogens is 288 g/mol. The predicted molar refractivity (Wildman–Crippen MR) is 93.3 cm³/mol. The molecule has 3 rings (SSSR count). The van der Waals surface area contributed by atoms with Crippen molar-refractivity contribution in [3.8, 4) is 11.5 Å². The second-order valence-corrected chi connectivity index (χ2v) is 5.86. The molecule has 4 nitrogen and oxygen atoms in total. The highest BCUT2D eigenvalue weighted by atomic mass is 16.5. The quantitative estimate of drug-likeness (QED) is 0.832. The van der Waals surface area contributed by atoms with E-state index in [1.54, 1.807) is 24.3 Å². The molecule has 4 heteroatoms. The van der Waals surface area contributed by atoms with Gasteiger partial charge in [0.1, 0.15) is 11.5 Å². The number of aromatic hydroxyl groups is 1. The Morgan fingerprint density at radius 1 is 0.870 bits per heavy atom. The van der Waals surface area contributed by atoms with E-state index in [0.29, 0.717) is 6.61 Å². The minimum Gasteiger partial charge on any atom is -0.508 e. The highest BCUT2D eigenvalue weighted by molar-refractivity contribution is 5.46. The molecule has 23 heavy (non-hydrogen) atoms. The average molecular weight is 312 g/mol. The number of anilines is 1. The van der Waals surface area contributed by atoms with Crippen LogP contribution in [0.4, 0.5) is 5.69 Å².